The van der Waals surface area contributed by atoms with Crippen molar-refractivity contribution in [1.29, 1.82) is 0 Å². The van der Waals surface area contributed by atoms with Gasteiger partial charge in [-0.05, 0) is 50.6 Å². The molecule has 0 bridgehead atoms. The van der Waals surface area contributed by atoms with E-state index in [1.807, 2.05) is 0 Å². The lowest BCUT2D eigenvalue weighted by atomic mass is 9.74. The van der Waals surface area contributed by atoms with Crippen molar-refractivity contribution in [2.24, 2.45) is 11.8 Å². The average molecular weight is 277 g/mol. The van der Waals surface area contributed by atoms with Gasteiger partial charge in [-0.1, -0.05) is 64.2 Å². The molecule has 1 heteroatoms. The van der Waals surface area contributed by atoms with E-state index in [-0.39, 0.29) is 0 Å². The molecule has 116 valence electrons. The number of piperidine rings is 1. The van der Waals surface area contributed by atoms with Crippen LogP contribution in [0.15, 0.2) is 0 Å². The smallest absolute Gasteiger partial charge is 0.00952 e. The van der Waals surface area contributed by atoms with Crippen LogP contribution in [0.25, 0.3) is 0 Å². The van der Waals surface area contributed by atoms with Crippen LogP contribution in [0.3, 0.4) is 0 Å². The Labute approximate surface area is 126 Å². The van der Waals surface area contributed by atoms with Crippen LogP contribution >= 0.6 is 0 Å². The van der Waals surface area contributed by atoms with Crippen LogP contribution in [0.2, 0.25) is 0 Å². The Hall–Kier alpha value is -0.0400. The van der Waals surface area contributed by atoms with Crippen LogP contribution in [-0.2, 0) is 0 Å². The standard InChI is InChI=1S/C19H35N/c1-2-10-18-12-5-7-15-20-16-8-6-14-19(20)13-4-3-11-17(18)9-1/h17-19H,1-16H2. The minimum absolute atomic E-state index is 0.949. The third kappa shape index (κ3) is 4.00. The van der Waals surface area contributed by atoms with Gasteiger partial charge in [0.05, 0.1) is 0 Å². The van der Waals surface area contributed by atoms with E-state index in [4.69, 9.17) is 0 Å². The number of fused-ring (bicyclic) bond motifs is 2. The molecule has 0 radical (unpaired) electrons. The zero-order chi connectivity index (χ0) is 13.6. The lowest BCUT2D eigenvalue weighted by molar-refractivity contribution is 0.125. The maximum Gasteiger partial charge on any atom is 0.00952 e. The molecule has 0 aromatic heterocycles. The molecule has 2 heterocycles. The Morgan fingerprint density at radius 3 is 1.40 bits per heavy atom. The zero-order valence-electron chi connectivity index (χ0n) is 13.5. The highest BCUT2D eigenvalue weighted by Crippen LogP contribution is 2.37. The molecule has 1 nitrogen and oxygen atoms in total. The summed E-state index contributed by atoms with van der Waals surface area (Å²) in [4.78, 5) is 2.85. The second-order valence-corrected chi connectivity index (χ2v) is 7.77. The van der Waals surface area contributed by atoms with Crippen LogP contribution in [0.4, 0.5) is 0 Å². The quantitative estimate of drug-likeness (QED) is 0.573. The molecule has 2 saturated heterocycles. The van der Waals surface area contributed by atoms with Crippen molar-refractivity contribution < 1.29 is 0 Å². The Morgan fingerprint density at radius 2 is 0.850 bits per heavy atom. The van der Waals surface area contributed by atoms with Crippen molar-refractivity contribution >= 4 is 0 Å². The average Bonchev–Trinajstić information content (AvgIpc) is 2.49. The van der Waals surface area contributed by atoms with Gasteiger partial charge in [0.1, 0.15) is 0 Å². The Kier molecular flexibility index (Phi) is 5.82. The van der Waals surface area contributed by atoms with Crippen LogP contribution in [-0.4, -0.2) is 24.0 Å². The normalized spacial score (nSPS) is 38.1. The Bertz CT molecular complexity index is 219. The molecule has 0 N–H and O–H groups in total. The van der Waals surface area contributed by atoms with Crippen LogP contribution < -0.4 is 0 Å². The number of rotatable bonds is 0. The molecule has 2 aliphatic heterocycles. The fourth-order valence-corrected chi connectivity index (χ4v) is 5.23. The van der Waals surface area contributed by atoms with Gasteiger partial charge in [-0.2, -0.15) is 0 Å². The maximum atomic E-state index is 2.85. The SMILES string of the molecule is C1CCC2CCCCN3CCCCC3CCCCC2C1. The van der Waals surface area contributed by atoms with E-state index in [1.54, 1.807) is 25.7 Å². The van der Waals surface area contributed by atoms with Gasteiger partial charge in [0.25, 0.3) is 0 Å². The molecule has 3 aliphatic rings. The first-order valence-corrected chi connectivity index (χ1v) is 9.67. The lowest BCUT2D eigenvalue weighted by Gasteiger charge is -2.37. The Balaban J connectivity index is 1.54. The summed E-state index contributed by atoms with van der Waals surface area (Å²) in [6.45, 7) is 2.80. The minimum Gasteiger partial charge on any atom is -0.300 e. The molecule has 1 aliphatic carbocycles. The third-order valence-electron chi connectivity index (χ3n) is 6.45. The molecule has 20 heavy (non-hydrogen) atoms. The molecule has 3 atom stereocenters. The summed E-state index contributed by atoms with van der Waals surface area (Å²) >= 11 is 0. The summed E-state index contributed by atoms with van der Waals surface area (Å²) in [6, 6.07) is 0.949. The molecule has 0 aromatic rings. The second kappa shape index (κ2) is 7.82. The van der Waals surface area contributed by atoms with Crippen molar-refractivity contribution in [3.05, 3.63) is 0 Å². The van der Waals surface area contributed by atoms with Crippen molar-refractivity contribution in [2.45, 2.75) is 95.9 Å². The fraction of sp³-hybridized carbons (Fsp3) is 1.00. The number of nitrogens with zero attached hydrogens (tertiary/aromatic N) is 1. The number of hydrogen-bond acceptors (Lipinski definition) is 1. The van der Waals surface area contributed by atoms with Crippen LogP contribution in [0, 0.1) is 11.8 Å². The predicted molar refractivity (Wildman–Crippen MR) is 87.0 cm³/mol. The van der Waals surface area contributed by atoms with Crippen LogP contribution in [0.5, 0.6) is 0 Å². The lowest BCUT2D eigenvalue weighted by Crippen LogP contribution is -2.40. The third-order valence-corrected chi connectivity index (χ3v) is 6.45. The Morgan fingerprint density at radius 1 is 0.450 bits per heavy atom. The van der Waals surface area contributed by atoms with Gasteiger partial charge in [-0.25, -0.2) is 0 Å². The van der Waals surface area contributed by atoms with E-state index in [1.165, 1.54) is 77.3 Å². The molecule has 3 unspecified atom stereocenters. The first-order chi connectivity index (χ1) is 9.93. The molecule has 1 saturated carbocycles. The van der Waals surface area contributed by atoms with Gasteiger partial charge in [-0.3, -0.25) is 0 Å². The van der Waals surface area contributed by atoms with Crippen molar-refractivity contribution in [2.75, 3.05) is 13.1 Å². The molecule has 0 aromatic carbocycles. The van der Waals surface area contributed by atoms with E-state index >= 15 is 0 Å². The van der Waals surface area contributed by atoms with Gasteiger partial charge >= 0.3 is 0 Å². The minimum atomic E-state index is 0.949. The molecule has 0 amide bonds. The molecule has 3 fully saturated rings. The molecular weight excluding hydrogens is 242 g/mol. The highest BCUT2D eigenvalue weighted by Gasteiger charge is 2.26. The first kappa shape index (κ1) is 14.9. The highest BCUT2D eigenvalue weighted by molar-refractivity contribution is 4.80. The molecule has 3 rings (SSSR count). The van der Waals surface area contributed by atoms with E-state index in [9.17, 15) is 0 Å². The van der Waals surface area contributed by atoms with E-state index in [2.05, 4.69) is 4.90 Å². The summed E-state index contributed by atoms with van der Waals surface area (Å²) < 4.78 is 0. The van der Waals surface area contributed by atoms with Gasteiger partial charge in [0, 0.05) is 6.04 Å². The topological polar surface area (TPSA) is 3.24 Å². The van der Waals surface area contributed by atoms with E-state index < -0.39 is 0 Å². The summed E-state index contributed by atoms with van der Waals surface area (Å²) in [5, 5.41) is 0. The predicted octanol–water partition coefficient (Wildman–Crippen LogP) is 5.39. The van der Waals surface area contributed by atoms with Crippen molar-refractivity contribution in [3.8, 4) is 0 Å². The zero-order valence-corrected chi connectivity index (χ0v) is 13.5. The number of hydrogen-bond donors (Lipinski definition) is 0. The second-order valence-electron chi connectivity index (χ2n) is 7.77. The summed E-state index contributed by atoms with van der Waals surface area (Å²) in [7, 11) is 0. The molecular formula is C19H35N. The largest absolute Gasteiger partial charge is 0.300 e. The van der Waals surface area contributed by atoms with Gasteiger partial charge in [0.15, 0.2) is 0 Å². The summed E-state index contributed by atoms with van der Waals surface area (Å²) in [6.07, 6.45) is 21.2. The summed E-state index contributed by atoms with van der Waals surface area (Å²) in [5.74, 6) is 2.20. The summed E-state index contributed by atoms with van der Waals surface area (Å²) in [5.41, 5.74) is 0. The monoisotopic (exact) mass is 277 g/mol. The molecule has 0 spiro atoms. The fourth-order valence-electron chi connectivity index (χ4n) is 5.23. The maximum absolute atomic E-state index is 2.85. The van der Waals surface area contributed by atoms with Crippen molar-refractivity contribution in [1.82, 2.24) is 4.90 Å². The van der Waals surface area contributed by atoms with Gasteiger partial charge in [-0.15, -0.1) is 0 Å². The van der Waals surface area contributed by atoms with E-state index in [0.29, 0.717) is 0 Å². The van der Waals surface area contributed by atoms with Gasteiger partial charge < -0.3 is 4.90 Å². The first-order valence-electron chi connectivity index (χ1n) is 9.67. The highest BCUT2D eigenvalue weighted by atomic mass is 15.2. The van der Waals surface area contributed by atoms with Crippen LogP contribution in [0.1, 0.15) is 89.9 Å². The van der Waals surface area contributed by atoms with Crippen molar-refractivity contribution in [3.63, 3.8) is 0 Å². The van der Waals surface area contributed by atoms with E-state index in [0.717, 1.165) is 17.9 Å². The van der Waals surface area contributed by atoms with Gasteiger partial charge in [0.2, 0.25) is 0 Å².